The quantitative estimate of drug-likeness (QED) is 0.803. The summed E-state index contributed by atoms with van der Waals surface area (Å²) in [4.78, 5) is 0. The van der Waals surface area contributed by atoms with Crippen molar-refractivity contribution in [2.75, 3.05) is 0 Å². The van der Waals surface area contributed by atoms with Crippen LogP contribution in [0.4, 0.5) is 4.39 Å². The molecule has 0 aromatic rings. The van der Waals surface area contributed by atoms with Gasteiger partial charge in [-0.1, -0.05) is 20.3 Å². The highest BCUT2D eigenvalue weighted by molar-refractivity contribution is 5.02. The predicted octanol–water partition coefficient (Wildman–Crippen LogP) is 4.09. The fourth-order valence-electron chi connectivity index (χ4n) is 5.06. The largest absolute Gasteiger partial charge is 0.393 e. The van der Waals surface area contributed by atoms with Crippen molar-refractivity contribution < 1.29 is 14.6 Å². The first-order valence-electron chi connectivity index (χ1n) is 8.69. The van der Waals surface area contributed by atoms with Crippen LogP contribution in [-0.4, -0.2) is 28.1 Å². The van der Waals surface area contributed by atoms with Gasteiger partial charge in [0.2, 0.25) is 0 Å². The third kappa shape index (κ3) is 3.61. The molecule has 0 spiro atoms. The van der Waals surface area contributed by atoms with Crippen LogP contribution in [0.1, 0.15) is 72.6 Å². The maximum atomic E-state index is 14.6. The molecule has 2 nitrogen and oxygen atoms in total. The molecule has 2 unspecified atom stereocenters. The molecule has 2 saturated carbocycles. The second-order valence-corrected chi connectivity index (χ2v) is 8.48. The molecule has 0 amide bonds. The molecule has 6 atom stereocenters. The van der Waals surface area contributed by atoms with Gasteiger partial charge in [0, 0.05) is 0 Å². The summed E-state index contributed by atoms with van der Waals surface area (Å²) in [6.45, 7) is 7.80. The van der Waals surface area contributed by atoms with Gasteiger partial charge < -0.3 is 10.2 Å². The van der Waals surface area contributed by atoms with Gasteiger partial charge >= 0.3 is 0 Å². The lowest BCUT2D eigenvalue weighted by Gasteiger charge is -2.45. The van der Waals surface area contributed by atoms with Gasteiger partial charge in [0.15, 0.2) is 0 Å². The minimum atomic E-state index is -0.851. The molecule has 2 aliphatic carbocycles. The van der Waals surface area contributed by atoms with E-state index in [4.69, 9.17) is 0 Å². The van der Waals surface area contributed by atoms with Gasteiger partial charge in [0.05, 0.1) is 11.7 Å². The summed E-state index contributed by atoms with van der Waals surface area (Å²) < 4.78 is 14.6. The van der Waals surface area contributed by atoms with E-state index in [1.54, 1.807) is 13.8 Å². The lowest BCUT2D eigenvalue weighted by molar-refractivity contribution is -0.0376. The van der Waals surface area contributed by atoms with Crippen molar-refractivity contribution in [3.8, 4) is 0 Å². The third-order valence-electron chi connectivity index (χ3n) is 6.40. The zero-order valence-electron chi connectivity index (χ0n) is 14.1. The Morgan fingerprint density at radius 2 is 1.95 bits per heavy atom. The van der Waals surface area contributed by atoms with Gasteiger partial charge in [0.25, 0.3) is 0 Å². The van der Waals surface area contributed by atoms with Gasteiger partial charge in [-0.25, -0.2) is 4.39 Å². The zero-order chi connectivity index (χ0) is 15.8. The number of aliphatic hydroxyl groups is 2. The summed E-state index contributed by atoms with van der Waals surface area (Å²) in [5.41, 5.74) is -0.677. The first kappa shape index (κ1) is 17.2. The van der Waals surface area contributed by atoms with Crippen LogP contribution >= 0.6 is 0 Å². The van der Waals surface area contributed by atoms with Crippen LogP contribution in [0.25, 0.3) is 0 Å². The van der Waals surface area contributed by atoms with Crippen LogP contribution in [0, 0.1) is 23.2 Å². The van der Waals surface area contributed by atoms with E-state index >= 15 is 0 Å². The van der Waals surface area contributed by atoms with Crippen LogP contribution in [0.5, 0.6) is 0 Å². The lowest BCUT2D eigenvalue weighted by atomic mass is 9.61. The minimum absolute atomic E-state index is 0.0210. The number of aliphatic hydroxyl groups excluding tert-OH is 1. The predicted molar refractivity (Wildman–Crippen MR) is 83.8 cm³/mol. The molecule has 0 heterocycles. The van der Waals surface area contributed by atoms with Crippen LogP contribution in [-0.2, 0) is 0 Å². The highest BCUT2D eigenvalue weighted by Gasteiger charge is 2.53. The Morgan fingerprint density at radius 3 is 2.57 bits per heavy atom. The average molecular weight is 300 g/mol. The summed E-state index contributed by atoms with van der Waals surface area (Å²) in [5.74, 6) is 0.752. The Hall–Kier alpha value is -0.150. The Bertz CT molecular complexity index is 352. The van der Waals surface area contributed by atoms with E-state index in [1.165, 1.54) is 0 Å². The first-order valence-corrected chi connectivity index (χ1v) is 8.69. The normalized spacial score (nSPS) is 39.9. The summed E-state index contributed by atoms with van der Waals surface area (Å²) >= 11 is 0. The van der Waals surface area contributed by atoms with E-state index in [0.717, 1.165) is 32.1 Å². The van der Waals surface area contributed by atoms with Crippen molar-refractivity contribution >= 4 is 0 Å². The van der Waals surface area contributed by atoms with Crippen LogP contribution in [0.15, 0.2) is 0 Å². The van der Waals surface area contributed by atoms with E-state index in [1.807, 2.05) is 6.92 Å². The fourth-order valence-corrected chi connectivity index (χ4v) is 5.06. The second kappa shape index (κ2) is 6.16. The van der Waals surface area contributed by atoms with Crippen LogP contribution in [0.2, 0.25) is 0 Å². The molecular formula is C18H33FO2. The van der Waals surface area contributed by atoms with Crippen LogP contribution < -0.4 is 0 Å². The maximum Gasteiger partial charge on any atom is 0.103 e. The molecule has 0 aromatic carbocycles. The first-order chi connectivity index (χ1) is 9.65. The topological polar surface area (TPSA) is 40.5 Å². The molecule has 2 aliphatic rings. The molecule has 0 aromatic heterocycles. The molecule has 124 valence electrons. The lowest BCUT2D eigenvalue weighted by Crippen LogP contribution is -2.43. The van der Waals surface area contributed by atoms with Gasteiger partial charge in [-0.3, -0.25) is 0 Å². The van der Waals surface area contributed by atoms with Crippen molar-refractivity contribution in [2.45, 2.75) is 90.5 Å². The molecule has 0 radical (unpaired) electrons. The number of alkyl halides is 1. The van der Waals surface area contributed by atoms with Crippen molar-refractivity contribution in [1.82, 2.24) is 0 Å². The molecular weight excluding hydrogens is 267 g/mol. The molecule has 2 N–H and O–H groups in total. The van der Waals surface area contributed by atoms with Crippen molar-refractivity contribution in [3.63, 3.8) is 0 Å². The number of hydrogen-bond donors (Lipinski definition) is 2. The van der Waals surface area contributed by atoms with E-state index in [-0.39, 0.29) is 17.4 Å². The van der Waals surface area contributed by atoms with E-state index in [0.29, 0.717) is 24.7 Å². The Kier molecular flexibility index (Phi) is 5.04. The minimum Gasteiger partial charge on any atom is -0.393 e. The number of hydrogen-bond acceptors (Lipinski definition) is 2. The molecule has 0 saturated heterocycles. The Labute approximate surface area is 129 Å². The SMILES string of the molecule is CC(C(F)CCC(C)(C)O)[C@H]1CC[C@H]2[C@@H](O)CCC[C@]12C. The van der Waals surface area contributed by atoms with Crippen LogP contribution in [0.3, 0.4) is 0 Å². The van der Waals surface area contributed by atoms with Gasteiger partial charge in [-0.05, 0) is 75.5 Å². The monoisotopic (exact) mass is 300 g/mol. The third-order valence-corrected chi connectivity index (χ3v) is 6.40. The van der Waals surface area contributed by atoms with Gasteiger partial charge in [-0.2, -0.15) is 0 Å². The highest BCUT2D eigenvalue weighted by atomic mass is 19.1. The smallest absolute Gasteiger partial charge is 0.103 e. The van der Waals surface area contributed by atoms with Crippen molar-refractivity contribution in [3.05, 3.63) is 0 Å². The summed E-state index contributed by atoms with van der Waals surface area (Å²) in [6, 6.07) is 0. The maximum absolute atomic E-state index is 14.6. The Balaban J connectivity index is 2.00. The van der Waals surface area contributed by atoms with E-state index in [2.05, 4.69) is 6.92 Å². The molecule has 0 bridgehead atoms. The highest BCUT2D eigenvalue weighted by Crippen LogP contribution is 2.58. The number of halogens is 1. The van der Waals surface area contributed by atoms with Crippen molar-refractivity contribution in [1.29, 1.82) is 0 Å². The second-order valence-electron chi connectivity index (χ2n) is 8.48. The van der Waals surface area contributed by atoms with E-state index < -0.39 is 11.8 Å². The number of rotatable bonds is 5. The molecule has 3 heteroatoms. The van der Waals surface area contributed by atoms with Gasteiger partial charge in [-0.15, -0.1) is 0 Å². The summed E-state index contributed by atoms with van der Waals surface area (Å²) in [5, 5.41) is 20.1. The molecule has 0 aliphatic heterocycles. The zero-order valence-corrected chi connectivity index (χ0v) is 14.1. The number of fused-ring (bicyclic) bond motifs is 1. The van der Waals surface area contributed by atoms with Gasteiger partial charge in [0.1, 0.15) is 6.17 Å². The standard InChI is InChI=1S/C18H33FO2/c1-12(15(19)9-11-17(2,3)21)13-7-8-14-16(20)6-5-10-18(13,14)4/h12-16,20-21H,5-11H2,1-4H3/t12?,13-,14+,15?,16+,18-/m1/s1. The Morgan fingerprint density at radius 1 is 1.29 bits per heavy atom. The van der Waals surface area contributed by atoms with E-state index in [9.17, 15) is 14.6 Å². The fraction of sp³-hybridized carbons (Fsp3) is 1.00. The molecule has 2 fully saturated rings. The summed E-state index contributed by atoms with van der Waals surface area (Å²) in [6.07, 6.45) is 5.11. The average Bonchev–Trinajstić information content (AvgIpc) is 2.73. The van der Waals surface area contributed by atoms with Crippen molar-refractivity contribution in [2.24, 2.45) is 23.2 Å². The molecule has 2 rings (SSSR count). The molecule has 21 heavy (non-hydrogen) atoms. The summed E-state index contributed by atoms with van der Waals surface area (Å²) in [7, 11) is 0.